The molecule has 0 spiro atoms. The van der Waals surface area contributed by atoms with E-state index in [9.17, 15) is 12.8 Å². The summed E-state index contributed by atoms with van der Waals surface area (Å²) < 4.78 is 40.6. The van der Waals surface area contributed by atoms with Gasteiger partial charge in [0.05, 0.1) is 5.75 Å². The summed E-state index contributed by atoms with van der Waals surface area (Å²) in [6, 6.07) is 6.84. The Morgan fingerprint density at radius 1 is 1.20 bits per heavy atom. The lowest BCUT2D eigenvalue weighted by Gasteiger charge is -2.29. The van der Waals surface area contributed by atoms with Crippen LogP contribution in [0.15, 0.2) is 24.3 Å². The molecular weight excluding hydrogens is 279 g/mol. The molecule has 2 unspecified atom stereocenters. The van der Waals surface area contributed by atoms with E-state index in [2.05, 4.69) is 10.0 Å². The van der Waals surface area contributed by atoms with E-state index in [4.69, 9.17) is 0 Å². The van der Waals surface area contributed by atoms with E-state index in [1.54, 1.807) is 12.1 Å². The minimum absolute atomic E-state index is 0.0227. The van der Waals surface area contributed by atoms with Gasteiger partial charge in [0.2, 0.25) is 10.0 Å². The summed E-state index contributed by atoms with van der Waals surface area (Å²) in [6.07, 6.45) is 3.90. The minimum atomic E-state index is -3.49. The Morgan fingerprint density at radius 3 is 2.50 bits per heavy atom. The summed E-state index contributed by atoms with van der Waals surface area (Å²) in [5, 5.41) is 3.47. The van der Waals surface area contributed by atoms with E-state index in [0.717, 1.165) is 25.7 Å². The van der Waals surface area contributed by atoms with Crippen molar-refractivity contribution in [1.82, 2.24) is 10.0 Å². The first-order valence-corrected chi connectivity index (χ1v) is 8.66. The third kappa shape index (κ3) is 3.19. The molecule has 2 heterocycles. The summed E-state index contributed by atoms with van der Waals surface area (Å²) in [5.74, 6) is -0.762. The smallest absolute Gasteiger partial charge is 0.216 e. The largest absolute Gasteiger partial charge is 0.311 e. The highest BCUT2D eigenvalue weighted by Gasteiger charge is 2.35. The van der Waals surface area contributed by atoms with Crippen LogP contribution in [0.3, 0.4) is 0 Å². The standard InChI is InChI=1S/C14H19FN2O2S/c15-14-4-2-1-3-10(14)9-20(18,19)17-13-7-11-5-6-12(8-13)16-11/h1-4,11-13,16-17H,5-9H2. The molecule has 6 heteroatoms. The number of piperidine rings is 1. The van der Waals surface area contributed by atoms with Gasteiger partial charge in [-0.3, -0.25) is 0 Å². The highest BCUT2D eigenvalue weighted by Crippen LogP contribution is 2.27. The Hall–Kier alpha value is -0.980. The molecule has 20 heavy (non-hydrogen) atoms. The van der Waals surface area contributed by atoms with Crippen LogP contribution in [0.5, 0.6) is 0 Å². The molecule has 2 N–H and O–H groups in total. The fourth-order valence-corrected chi connectivity index (χ4v) is 4.70. The molecule has 0 aromatic heterocycles. The molecule has 2 bridgehead atoms. The van der Waals surface area contributed by atoms with Gasteiger partial charge in [0.25, 0.3) is 0 Å². The number of hydrogen-bond donors (Lipinski definition) is 2. The summed E-state index contributed by atoms with van der Waals surface area (Å²) in [6.45, 7) is 0. The third-order valence-corrected chi connectivity index (χ3v) is 5.51. The molecule has 2 saturated heterocycles. The van der Waals surface area contributed by atoms with Gasteiger partial charge >= 0.3 is 0 Å². The van der Waals surface area contributed by atoms with Crippen LogP contribution in [0.4, 0.5) is 4.39 Å². The van der Waals surface area contributed by atoms with Gasteiger partial charge in [-0.05, 0) is 31.7 Å². The van der Waals surface area contributed by atoms with Crippen LogP contribution in [0, 0.1) is 5.82 Å². The van der Waals surface area contributed by atoms with Crippen LogP contribution >= 0.6 is 0 Å². The van der Waals surface area contributed by atoms with Crippen LogP contribution in [-0.2, 0) is 15.8 Å². The van der Waals surface area contributed by atoms with Crippen molar-refractivity contribution in [3.05, 3.63) is 35.6 Å². The summed E-state index contributed by atoms with van der Waals surface area (Å²) in [5.41, 5.74) is 0.219. The first-order valence-electron chi connectivity index (χ1n) is 7.01. The monoisotopic (exact) mass is 298 g/mol. The predicted molar refractivity (Wildman–Crippen MR) is 75.1 cm³/mol. The van der Waals surface area contributed by atoms with Crippen LogP contribution in [0.25, 0.3) is 0 Å². The number of rotatable bonds is 4. The Morgan fingerprint density at radius 2 is 1.85 bits per heavy atom. The summed E-state index contributed by atoms with van der Waals surface area (Å²) in [7, 11) is -3.49. The Kier molecular flexibility index (Phi) is 3.79. The average molecular weight is 298 g/mol. The zero-order chi connectivity index (χ0) is 14.2. The average Bonchev–Trinajstić information content (AvgIpc) is 2.71. The first-order chi connectivity index (χ1) is 9.52. The van der Waals surface area contributed by atoms with Crippen molar-refractivity contribution in [3.63, 3.8) is 0 Å². The van der Waals surface area contributed by atoms with Crippen LogP contribution < -0.4 is 10.0 Å². The Balaban J connectivity index is 1.65. The zero-order valence-electron chi connectivity index (χ0n) is 11.2. The van der Waals surface area contributed by atoms with Gasteiger partial charge in [-0.25, -0.2) is 17.5 Å². The minimum Gasteiger partial charge on any atom is -0.311 e. The second kappa shape index (κ2) is 5.42. The predicted octanol–water partition coefficient (Wildman–Crippen LogP) is 1.53. The van der Waals surface area contributed by atoms with E-state index in [1.807, 2.05) is 0 Å². The van der Waals surface area contributed by atoms with Crippen molar-refractivity contribution in [3.8, 4) is 0 Å². The molecule has 3 rings (SSSR count). The first kappa shape index (κ1) is 14.0. The zero-order valence-corrected chi connectivity index (χ0v) is 12.0. The molecule has 0 amide bonds. The van der Waals surface area contributed by atoms with E-state index in [-0.39, 0.29) is 17.4 Å². The molecule has 0 aliphatic carbocycles. The molecule has 110 valence electrons. The SMILES string of the molecule is O=S(=O)(Cc1ccccc1F)NC1CC2CCC(C1)N2. The van der Waals surface area contributed by atoms with E-state index < -0.39 is 15.8 Å². The van der Waals surface area contributed by atoms with Crippen molar-refractivity contribution in [2.45, 2.75) is 49.6 Å². The number of nitrogens with one attached hydrogen (secondary N) is 2. The normalized spacial score (nSPS) is 29.6. The van der Waals surface area contributed by atoms with Gasteiger partial charge in [-0.1, -0.05) is 18.2 Å². The second-order valence-corrected chi connectivity index (χ2v) is 7.53. The molecule has 2 fully saturated rings. The lowest BCUT2D eigenvalue weighted by molar-refractivity contribution is 0.345. The summed E-state index contributed by atoms with van der Waals surface area (Å²) >= 11 is 0. The fourth-order valence-electron chi connectivity index (χ4n) is 3.27. The van der Waals surface area contributed by atoms with Crippen LogP contribution in [-0.4, -0.2) is 26.5 Å². The van der Waals surface area contributed by atoms with Gasteiger partial charge in [0.1, 0.15) is 5.82 Å². The number of fused-ring (bicyclic) bond motifs is 2. The molecule has 0 saturated carbocycles. The molecule has 0 radical (unpaired) electrons. The number of sulfonamides is 1. The maximum Gasteiger partial charge on any atom is 0.216 e. The maximum atomic E-state index is 13.5. The molecular formula is C14H19FN2O2S. The van der Waals surface area contributed by atoms with Crippen molar-refractivity contribution >= 4 is 10.0 Å². The highest BCUT2D eigenvalue weighted by molar-refractivity contribution is 7.88. The molecule has 2 aliphatic rings. The van der Waals surface area contributed by atoms with Crippen LogP contribution in [0.2, 0.25) is 0 Å². The van der Waals surface area contributed by atoms with Crippen molar-refractivity contribution in [1.29, 1.82) is 0 Å². The van der Waals surface area contributed by atoms with E-state index in [0.29, 0.717) is 12.1 Å². The van der Waals surface area contributed by atoms with Gasteiger partial charge < -0.3 is 5.32 Å². The number of benzene rings is 1. The summed E-state index contributed by atoms with van der Waals surface area (Å²) in [4.78, 5) is 0. The Labute approximate surface area is 118 Å². The fraction of sp³-hybridized carbons (Fsp3) is 0.571. The van der Waals surface area contributed by atoms with Gasteiger partial charge in [0.15, 0.2) is 0 Å². The maximum absolute atomic E-state index is 13.5. The van der Waals surface area contributed by atoms with Crippen LogP contribution in [0.1, 0.15) is 31.2 Å². The van der Waals surface area contributed by atoms with Gasteiger partial charge in [0, 0.05) is 23.7 Å². The van der Waals surface area contributed by atoms with Crippen molar-refractivity contribution < 1.29 is 12.8 Å². The van der Waals surface area contributed by atoms with Gasteiger partial charge in [-0.15, -0.1) is 0 Å². The molecule has 2 atom stereocenters. The quantitative estimate of drug-likeness (QED) is 0.886. The number of halogens is 1. The Bertz CT molecular complexity index is 579. The van der Waals surface area contributed by atoms with E-state index in [1.165, 1.54) is 12.1 Å². The van der Waals surface area contributed by atoms with Crippen molar-refractivity contribution in [2.75, 3.05) is 0 Å². The second-order valence-electron chi connectivity index (χ2n) is 5.77. The van der Waals surface area contributed by atoms with Crippen molar-refractivity contribution in [2.24, 2.45) is 0 Å². The lowest BCUT2D eigenvalue weighted by Crippen LogP contribution is -2.48. The third-order valence-electron chi connectivity index (χ3n) is 4.12. The molecule has 4 nitrogen and oxygen atoms in total. The topological polar surface area (TPSA) is 58.2 Å². The lowest BCUT2D eigenvalue weighted by atomic mass is 10.0. The van der Waals surface area contributed by atoms with E-state index >= 15 is 0 Å². The molecule has 2 aliphatic heterocycles. The number of hydrogen-bond acceptors (Lipinski definition) is 3. The van der Waals surface area contributed by atoms with Gasteiger partial charge in [-0.2, -0.15) is 0 Å². The molecule has 1 aromatic rings. The molecule has 1 aromatic carbocycles. The highest BCUT2D eigenvalue weighted by atomic mass is 32.2.